The third-order valence-electron chi connectivity index (χ3n) is 8.63. The van der Waals surface area contributed by atoms with E-state index >= 15 is 0 Å². The molecule has 3 N–H and O–H groups in total. The molecule has 0 aliphatic carbocycles. The van der Waals surface area contributed by atoms with Crippen molar-refractivity contribution in [2.45, 2.75) is 12.2 Å². The summed E-state index contributed by atoms with van der Waals surface area (Å²) in [4.78, 5) is 42.9. The lowest BCUT2D eigenvalue weighted by atomic mass is 10.0. The summed E-state index contributed by atoms with van der Waals surface area (Å²) >= 11 is 0. The van der Waals surface area contributed by atoms with Crippen LogP contribution in [0.25, 0.3) is 22.3 Å². The zero-order chi connectivity index (χ0) is 35.6. The van der Waals surface area contributed by atoms with E-state index in [1.165, 1.54) is 41.2 Å². The van der Waals surface area contributed by atoms with Crippen LogP contribution in [0.5, 0.6) is 40.2 Å². The van der Waals surface area contributed by atoms with Crippen molar-refractivity contribution >= 4 is 23.2 Å². The standard InChI is InChI=1S/C35H34N2O14/c1-44-25-14-19(2-4-22(25)39)31-28(18-38)48-24-5-3-20(15-26(24)49-31)32-33(51-35(43)37-8-12-46-13-9-37)30(41)29-23(40)16-21(17-27(29)50-32)47-34(42)36-6-10-45-11-7-36/h2-5,14-17,28,31,38-40H,6-13,18H2,1H3. The second kappa shape index (κ2) is 14.3. The normalized spacial score (nSPS) is 18.7. The summed E-state index contributed by atoms with van der Waals surface area (Å²) in [5, 5.41) is 30.9. The van der Waals surface area contributed by atoms with Crippen LogP contribution in [0, 0.1) is 0 Å². The molecule has 1 aromatic heterocycles. The Morgan fingerprint density at radius 1 is 0.824 bits per heavy atom. The van der Waals surface area contributed by atoms with Gasteiger partial charge >= 0.3 is 12.2 Å². The number of methoxy groups -OCH3 is 1. The number of phenols is 2. The number of carbonyl (C=O) groups is 2. The average Bonchev–Trinajstić information content (AvgIpc) is 3.15. The summed E-state index contributed by atoms with van der Waals surface area (Å²) in [6, 6.07) is 11.6. The molecule has 0 radical (unpaired) electrons. The number of hydrogen-bond donors (Lipinski definition) is 3. The van der Waals surface area contributed by atoms with E-state index in [4.69, 9.17) is 37.6 Å². The molecule has 268 valence electrons. The quantitative estimate of drug-likeness (QED) is 0.264. The minimum Gasteiger partial charge on any atom is -0.507 e. The maximum Gasteiger partial charge on any atom is 0.415 e. The van der Waals surface area contributed by atoms with E-state index in [2.05, 4.69) is 0 Å². The van der Waals surface area contributed by atoms with Gasteiger partial charge < -0.3 is 62.7 Å². The minimum absolute atomic E-state index is 0.0863. The van der Waals surface area contributed by atoms with Crippen LogP contribution in [0.4, 0.5) is 9.59 Å². The number of aliphatic hydroxyl groups is 1. The third kappa shape index (κ3) is 6.75. The van der Waals surface area contributed by atoms with Crippen molar-refractivity contribution < 1.29 is 62.5 Å². The molecule has 0 spiro atoms. The molecular formula is C35H34N2O14. The van der Waals surface area contributed by atoms with Gasteiger partial charge in [-0.25, -0.2) is 9.59 Å². The van der Waals surface area contributed by atoms with Crippen LogP contribution in [-0.2, 0) is 9.47 Å². The van der Waals surface area contributed by atoms with Gasteiger partial charge in [0.15, 0.2) is 41.0 Å². The smallest absolute Gasteiger partial charge is 0.415 e. The summed E-state index contributed by atoms with van der Waals surface area (Å²) in [7, 11) is 1.40. The van der Waals surface area contributed by atoms with E-state index in [-0.39, 0.29) is 77.3 Å². The Kier molecular flexibility index (Phi) is 9.44. The highest BCUT2D eigenvalue weighted by atomic mass is 16.6. The van der Waals surface area contributed by atoms with Crippen LogP contribution in [0.2, 0.25) is 0 Å². The van der Waals surface area contributed by atoms with Crippen molar-refractivity contribution in [3.63, 3.8) is 0 Å². The largest absolute Gasteiger partial charge is 0.507 e. The first-order valence-corrected chi connectivity index (χ1v) is 16.1. The Balaban J connectivity index is 1.30. The summed E-state index contributed by atoms with van der Waals surface area (Å²) < 4.78 is 45.6. The highest BCUT2D eigenvalue weighted by Gasteiger charge is 2.34. The van der Waals surface area contributed by atoms with E-state index in [9.17, 15) is 29.7 Å². The molecule has 0 saturated carbocycles. The minimum atomic E-state index is -0.860. The van der Waals surface area contributed by atoms with E-state index in [1.54, 1.807) is 18.2 Å². The van der Waals surface area contributed by atoms with Gasteiger partial charge in [0, 0.05) is 49.4 Å². The first kappa shape index (κ1) is 33.8. The zero-order valence-electron chi connectivity index (χ0n) is 27.4. The molecule has 2 amide bonds. The summed E-state index contributed by atoms with van der Waals surface area (Å²) in [6.45, 7) is 1.96. The number of ether oxygens (including phenoxy) is 7. The number of hydrogen-bond acceptors (Lipinski definition) is 14. The van der Waals surface area contributed by atoms with Crippen LogP contribution in [0.3, 0.4) is 0 Å². The zero-order valence-corrected chi connectivity index (χ0v) is 27.4. The number of carbonyl (C=O) groups excluding carboxylic acids is 2. The fraction of sp³-hybridized carbons (Fsp3) is 0.343. The molecule has 2 unspecified atom stereocenters. The molecule has 16 heteroatoms. The molecule has 3 aliphatic rings. The van der Waals surface area contributed by atoms with Crippen molar-refractivity contribution in [3.8, 4) is 51.6 Å². The molecule has 7 rings (SSSR count). The fourth-order valence-corrected chi connectivity index (χ4v) is 5.97. The van der Waals surface area contributed by atoms with E-state index in [0.717, 1.165) is 6.07 Å². The van der Waals surface area contributed by atoms with Gasteiger partial charge in [0.25, 0.3) is 0 Å². The lowest BCUT2D eigenvalue weighted by molar-refractivity contribution is -0.0123. The number of phenolic OH excluding ortho intramolecular Hbond substituents is 2. The van der Waals surface area contributed by atoms with Gasteiger partial charge in [0.2, 0.25) is 11.2 Å². The highest BCUT2D eigenvalue weighted by molar-refractivity contribution is 5.90. The van der Waals surface area contributed by atoms with Crippen molar-refractivity contribution in [1.82, 2.24) is 9.80 Å². The molecular weight excluding hydrogens is 672 g/mol. The number of aromatic hydroxyl groups is 2. The molecule has 51 heavy (non-hydrogen) atoms. The number of morpholine rings is 2. The van der Waals surface area contributed by atoms with Gasteiger partial charge in [-0.2, -0.15) is 0 Å². The molecule has 4 heterocycles. The van der Waals surface area contributed by atoms with Gasteiger partial charge in [-0.3, -0.25) is 4.79 Å². The van der Waals surface area contributed by atoms with Crippen LogP contribution in [0.1, 0.15) is 11.7 Å². The SMILES string of the molecule is COc1cc(C2Oc3cc(-c4oc5cc(OC(=O)N6CCOCC6)cc(O)c5c(=O)c4OC(=O)N4CCOCC4)ccc3OC2CO)ccc1O. The number of benzene rings is 3. The Bertz CT molecular complexity index is 2020. The third-order valence-corrected chi connectivity index (χ3v) is 8.63. The van der Waals surface area contributed by atoms with Crippen LogP contribution >= 0.6 is 0 Å². The lowest BCUT2D eigenvalue weighted by Crippen LogP contribution is -2.42. The Labute approximate surface area is 289 Å². The molecule has 2 saturated heterocycles. The molecule has 16 nitrogen and oxygen atoms in total. The summed E-state index contributed by atoms with van der Waals surface area (Å²) in [6.07, 6.45) is -3.19. The van der Waals surface area contributed by atoms with E-state index in [1.807, 2.05) is 0 Å². The monoisotopic (exact) mass is 706 g/mol. The molecule has 2 fully saturated rings. The number of rotatable bonds is 6. The van der Waals surface area contributed by atoms with Crippen molar-refractivity contribution in [2.24, 2.45) is 0 Å². The van der Waals surface area contributed by atoms with Crippen LogP contribution < -0.4 is 29.1 Å². The van der Waals surface area contributed by atoms with Crippen molar-refractivity contribution in [1.29, 1.82) is 0 Å². The highest BCUT2D eigenvalue weighted by Crippen LogP contribution is 2.45. The van der Waals surface area contributed by atoms with E-state index in [0.29, 0.717) is 31.9 Å². The van der Waals surface area contributed by atoms with Gasteiger partial charge in [0.1, 0.15) is 22.5 Å². The second-order valence-corrected chi connectivity index (χ2v) is 11.8. The van der Waals surface area contributed by atoms with Gasteiger partial charge in [0.05, 0.1) is 40.1 Å². The number of nitrogens with zero attached hydrogens (tertiary/aromatic N) is 2. The predicted molar refractivity (Wildman–Crippen MR) is 176 cm³/mol. The number of aliphatic hydroxyl groups excluding tert-OH is 1. The van der Waals surface area contributed by atoms with Gasteiger partial charge in [-0.15, -0.1) is 0 Å². The van der Waals surface area contributed by atoms with Crippen LogP contribution in [-0.4, -0.2) is 110 Å². The maximum atomic E-state index is 14.1. The molecule has 0 bridgehead atoms. The maximum absolute atomic E-state index is 14.1. The van der Waals surface area contributed by atoms with Gasteiger partial charge in [-0.05, 0) is 30.3 Å². The number of fused-ring (bicyclic) bond motifs is 2. The molecule has 4 aromatic rings. The van der Waals surface area contributed by atoms with Crippen molar-refractivity contribution in [2.75, 3.05) is 66.3 Å². The molecule has 3 aromatic carbocycles. The number of amides is 2. The lowest BCUT2D eigenvalue weighted by Gasteiger charge is -2.33. The fourth-order valence-electron chi connectivity index (χ4n) is 5.97. The Hall–Kier alpha value is -5.71. The second-order valence-electron chi connectivity index (χ2n) is 11.8. The average molecular weight is 707 g/mol. The molecule has 2 atom stereocenters. The Morgan fingerprint density at radius 3 is 2.18 bits per heavy atom. The first-order valence-electron chi connectivity index (χ1n) is 16.1. The first-order chi connectivity index (χ1) is 24.7. The topological polar surface area (TPSA) is 196 Å². The Morgan fingerprint density at radius 2 is 1.51 bits per heavy atom. The summed E-state index contributed by atoms with van der Waals surface area (Å²) in [5.74, 6) is -0.783. The van der Waals surface area contributed by atoms with E-state index < -0.39 is 47.9 Å². The molecule has 3 aliphatic heterocycles. The van der Waals surface area contributed by atoms with Gasteiger partial charge in [-0.1, -0.05) is 6.07 Å². The van der Waals surface area contributed by atoms with Crippen LogP contribution in [0.15, 0.2) is 57.7 Å². The van der Waals surface area contributed by atoms with Crippen molar-refractivity contribution in [3.05, 3.63) is 64.3 Å². The summed E-state index contributed by atoms with van der Waals surface area (Å²) in [5.41, 5.74) is -0.261. The predicted octanol–water partition coefficient (Wildman–Crippen LogP) is 3.42.